The summed E-state index contributed by atoms with van der Waals surface area (Å²) >= 11 is 0. The van der Waals surface area contributed by atoms with Crippen molar-refractivity contribution in [3.8, 4) is 0 Å². The normalized spacial score (nSPS) is 30.1. The van der Waals surface area contributed by atoms with Gasteiger partial charge in [-0.3, -0.25) is 19.2 Å². The van der Waals surface area contributed by atoms with E-state index in [1.165, 1.54) is 22.1 Å². The quantitative estimate of drug-likeness (QED) is 0.351. The fourth-order valence-electron chi connectivity index (χ4n) is 6.31. The van der Waals surface area contributed by atoms with Crippen molar-refractivity contribution in [3.63, 3.8) is 0 Å². The number of furan rings is 1. The molecule has 2 saturated heterocycles. The van der Waals surface area contributed by atoms with Gasteiger partial charge in [0.05, 0.1) is 6.26 Å². The lowest BCUT2D eigenvalue weighted by molar-refractivity contribution is -0.156. The van der Waals surface area contributed by atoms with Gasteiger partial charge in [-0.15, -0.1) is 0 Å². The minimum atomic E-state index is -1.21. The van der Waals surface area contributed by atoms with Crippen molar-refractivity contribution in [3.05, 3.63) is 24.2 Å². The van der Waals surface area contributed by atoms with Crippen LogP contribution in [0.4, 0.5) is 0 Å². The third-order valence-electron chi connectivity index (χ3n) is 8.51. The third kappa shape index (κ3) is 5.68. The molecule has 4 N–H and O–H groups in total. The zero-order chi connectivity index (χ0) is 28.6. The van der Waals surface area contributed by atoms with Crippen LogP contribution in [-0.4, -0.2) is 92.8 Å². The van der Waals surface area contributed by atoms with Crippen molar-refractivity contribution >= 4 is 35.6 Å². The Kier molecular flexibility index (Phi) is 7.81. The Hall–Kier alpha value is -3.90. The van der Waals surface area contributed by atoms with Gasteiger partial charge in [0.25, 0.3) is 5.91 Å². The van der Waals surface area contributed by atoms with Crippen LogP contribution in [0.25, 0.3) is 0 Å². The maximum atomic E-state index is 13.8. The van der Waals surface area contributed by atoms with E-state index in [-0.39, 0.29) is 43.5 Å². The summed E-state index contributed by atoms with van der Waals surface area (Å²) in [6.45, 7) is 0.0183. The van der Waals surface area contributed by atoms with Crippen LogP contribution in [0, 0.1) is 17.8 Å². The summed E-state index contributed by atoms with van der Waals surface area (Å²) in [4.78, 5) is 78.9. The Balaban J connectivity index is 1.29. The minimum Gasteiger partial charge on any atom is -0.480 e. The monoisotopic (exact) mass is 558 g/mol. The van der Waals surface area contributed by atoms with E-state index in [0.29, 0.717) is 25.7 Å². The predicted molar refractivity (Wildman–Crippen MR) is 136 cm³/mol. The first kappa shape index (κ1) is 27.7. The SMILES string of the molecule is O=C(NC1CC(C(=O)O)N(C(=O)C2CCCCC2C(=O)N2CC(NC(=O)C3CC3)CC2C(=O)O)C1)c1ccco1. The predicted octanol–water partition coefficient (Wildman–Crippen LogP) is 0.450. The second-order valence-electron chi connectivity index (χ2n) is 11.3. The van der Waals surface area contributed by atoms with Gasteiger partial charge in [-0.2, -0.15) is 0 Å². The van der Waals surface area contributed by atoms with Crippen molar-refractivity contribution in [1.82, 2.24) is 20.4 Å². The maximum Gasteiger partial charge on any atom is 0.326 e. The highest BCUT2D eigenvalue weighted by molar-refractivity contribution is 5.94. The molecular formula is C27H34N4O9. The van der Waals surface area contributed by atoms with Crippen molar-refractivity contribution in [1.29, 1.82) is 0 Å². The van der Waals surface area contributed by atoms with Gasteiger partial charge in [0.2, 0.25) is 17.7 Å². The standard InChI is InChI=1S/C27H34N4O9/c32-22(14-7-8-14)28-15-10-19(26(36)37)30(12-15)24(34)17-4-1-2-5-18(17)25(35)31-13-16(11-20(31)27(38)39)29-23(33)21-6-3-9-40-21/h3,6,9,14-20H,1-2,4-5,7-8,10-13H2,(H,28,32)(H,29,33)(H,36,37)(H,38,39). The number of aliphatic carboxylic acids is 2. The van der Waals surface area contributed by atoms with Crippen molar-refractivity contribution < 1.29 is 43.4 Å². The average molecular weight is 559 g/mol. The van der Waals surface area contributed by atoms with Gasteiger partial charge in [-0.1, -0.05) is 12.8 Å². The van der Waals surface area contributed by atoms with E-state index in [2.05, 4.69) is 10.6 Å². The van der Waals surface area contributed by atoms with Gasteiger partial charge >= 0.3 is 11.9 Å². The molecule has 0 spiro atoms. The number of likely N-dealkylation sites (tertiary alicyclic amines) is 2. The lowest BCUT2D eigenvalue weighted by Gasteiger charge is -2.36. The zero-order valence-electron chi connectivity index (χ0n) is 22.0. The fourth-order valence-corrected chi connectivity index (χ4v) is 6.31. The molecule has 4 fully saturated rings. The van der Waals surface area contributed by atoms with Crippen LogP contribution in [-0.2, 0) is 24.0 Å². The van der Waals surface area contributed by atoms with E-state index in [1.807, 2.05) is 0 Å². The Morgan fingerprint density at radius 1 is 0.775 bits per heavy atom. The van der Waals surface area contributed by atoms with Gasteiger partial charge < -0.3 is 35.1 Å². The van der Waals surface area contributed by atoms with E-state index >= 15 is 0 Å². The molecule has 2 aliphatic heterocycles. The second kappa shape index (κ2) is 11.3. The smallest absolute Gasteiger partial charge is 0.326 e. The summed E-state index contributed by atoms with van der Waals surface area (Å²) in [5.41, 5.74) is 0. The van der Waals surface area contributed by atoms with Crippen LogP contribution >= 0.6 is 0 Å². The molecule has 1 aromatic rings. The van der Waals surface area contributed by atoms with Crippen molar-refractivity contribution in [2.24, 2.45) is 17.8 Å². The molecule has 4 aliphatic rings. The van der Waals surface area contributed by atoms with E-state index in [4.69, 9.17) is 4.42 Å². The molecule has 2 aliphatic carbocycles. The molecule has 5 rings (SSSR count). The van der Waals surface area contributed by atoms with Crippen LogP contribution in [0.1, 0.15) is 61.9 Å². The first-order valence-electron chi connectivity index (χ1n) is 13.8. The highest BCUT2D eigenvalue weighted by Gasteiger charge is 2.49. The number of amides is 4. The van der Waals surface area contributed by atoms with Crippen LogP contribution in [0.3, 0.4) is 0 Å². The second-order valence-corrected chi connectivity index (χ2v) is 11.3. The molecule has 13 heteroatoms. The number of nitrogens with one attached hydrogen (secondary N) is 2. The molecule has 2 saturated carbocycles. The maximum absolute atomic E-state index is 13.8. The summed E-state index contributed by atoms with van der Waals surface area (Å²) in [6.07, 6.45) is 5.15. The van der Waals surface area contributed by atoms with Crippen molar-refractivity contribution in [2.45, 2.75) is 75.5 Å². The number of rotatable bonds is 8. The minimum absolute atomic E-state index is 0.00837. The van der Waals surface area contributed by atoms with E-state index < -0.39 is 65.7 Å². The molecule has 4 amide bonds. The number of hydrogen-bond donors (Lipinski definition) is 4. The molecule has 6 atom stereocenters. The molecule has 216 valence electrons. The Labute approximate surface area is 230 Å². The van der Waals surface area contributed by atoms with Crippen LogP contribution < -0.4 is 10.6 Å². The fraction of sp³-hybridized carbons (Fsp3) is 0.630. The van der Waals surface area contributed by atoms with E-state index in [1.54, 1.807) is 6.07 Å². The molecule has 0 radical (unpaired) electrons. The summed E-state index contributed by atoms with van der Waals surface area (Å²) in [7, 11) is 0. The van der Waals surface area contributed by atoms with Gasteiger partial charge in [0.15, 0.2) is 5.76 Å². The lowest BCUT2D eigenvalue weighted by Crippen LogP contribution is -2.51. The number of carbonyl (C=O) groups is 6. The Morgan fingerprint density at radius 3 is 1.75 bits per heavy atom. The Morgan fingerprint density at radius 2 is 1.30 bits per heavy atom. The highest BCUT2D eigenvalue weighted by atomic mass is 16.4. The molecule has 6 unspecified atom stereocenters. The van der Waals surface area contributed by atoms with Gasteiger partial charge in [-0.05, 0) is 37.8 Å². The summed E-state index contributed by atoms with van der Waals surface area (Å²) in [5.74, 6) is -5.55. The summed E-state index contributed by atoms with van der Waals surface area (Å²) in [5, 5.41) is 25.3. The molecular weight excluding hydrogens is 524 g/mol. The number of carboxylic acids is 2. The third-order valence-corrected chi connectivity index (χ3v) is 8.51. The molecule has 0 bridgehead atoms. The highest BCUT2D eigenvalue weighted by Crippen LogP contribution is 2.37. The lowest BCUT2D eigenvalue weighted by atomic mass is 9.77. The van der Waals surface area contributed by atoms with Crippen molar-refractivity contribution in [2.75, 3.05) is 13.1 Å². The Bertz CT molecular complexity index is 1180. The largest absolute Gasteiger partial charge is 0.480 e. The van der Waals surface area contributed by atoms with E-state index in [9.17, 15) is 39.0 Å². The molecule has 3 heterocycles. The molecule has 40 heavy (non-hydrogen) atoms. The van der Waals surface area contributed by atoms with Crippen LogP contribution in [0.2, 0.25) is 0 Å². The van der Waals surface area contributed by atoms with Crippen LogP contribution in [0.5, 0.6) is 0 Å². The summed E-state index contributed by atoms with van der Waals surface area (Å²) < 4.78 is 5.09. The van der Waals surface area contributed by atoms with Gasteiger partial charge in [0.1, 0.15) is 12.1 Å². The first-order chi connectivity index (χ1) is 19.1. The van der Waals surface area contributed by atoms with Gasteiger partial charge in [0, 0.05) is 55.8 Å². The first-order valence-corrected chi connectivity index (χ1v) is 13.8. The number of nitrogens with zero attached hydrogens (tertiary/aromatic N) is 2. The molecule has 1 aromatic heterocycles. The molecule has 13 nitrogen and oxygen atoms in total. The van der Waals surface area contributed by atoms with E-state index in [0.717, 1.165) is 12.8 Å². The number of carbonyl (C=O) groups excluding carboxylic acids is 4. The zero-order valence-corrected chi connectivity index (χ0v) is 22.0. The topological polar surface area (TPSA) is 187 Å². The summed E-state index contributed by atoms with van der Waals surface area (Å²) in [6, 6.07) is -0.360. The van der Waals surface area contributed by atoms with Gasteiger partial charge in [-0.25, -0.2) is 9.59 Å². The number of carboxylic acid groups (broad SMARTS) is 2. The average Bonchev–Trinajstić information content (AvgIpc) is 3.29. The number of hydrogen-bond acceptors (Lipinski definition) is 7. The molecule has 0 aromatic carbocycles. The van der Waals surface area contributed by atoms with Crippen LogP contribution in [0.15, 0.2) is 22.8 Å².